The first kappa shape index (κ1) is 11.4. The molecule has 1 N–H and O–H groups in total. The largest absolute Gasteiger partial charge is 0.315 e. The van der Waals surface area contributed by atoms with E-state index in [2.05, 4.69) is 31.0 Å². The molecule has 2 rings (SSSR count). The predicted molar refractivity (Wildman–Crippen MR) is 65.0 cm³/mol. The summed E-state index contributed by atoms with van der Waals surface area (Å²) in [5, 5.41) is 3.57. The molecule has 0 aromatic heterocycles. The van der Waals surface area contributed by atoms with Gasteiger partial charge < -0.3 is 5.32 Å². The van der Waals surface area contributed by atoms with E-state index in [0.717, 1.165) is 23.9 Å². The van der Waals surface area contributed by atoms with E-state index in [1.807, 2.05) is 0 Å². The fourth-order valence-corrected chi connectivity index (χ4v) is 3.47. The van der Waals surface area contributed by atoms with Crippen LogP contribution in [0.15, 0.2) is 0 Å². The van der Waals surface area contributed by atoms with E-state index in [0.29, 0.717) is 0 Å². The number of rotatable bonds is 3. The molecule has 0 saturated carbocycles. The SMILES string of the molecule is CCC1CNCC1N1CCCC1C(C)C. The summed E-state index contributed by atoms with van der Waals surface area (Å²) >= 11 is 0. The van der Waals surface area contributed by atoms with Crippen molar-refractivity contribution in [3.8, 4) is 0 Å². The Bertz CT molecular complexity index is 203. The number of hydrogen-bond acceptors (Lipinski definition) is 2. The topological polar surface area (TPSA) is 15.3 Å². The van der Waals surface area contributed by atoms with Gasteiger partial charge in [0, 0.05) is 18.6 Å². The highest BCUT2D eigenvalue weighted by molar-refractivity contribution is 4.94. The highest BCUT2D eigenvalue weighted by Gasteiger charge is 2.37. The molecule has 0 aromatic carbocycles. The first-order valence-electron chi connectivity index (χ1n) is 6.70. The van der Waals surface area contributed by atoms with Gasteiger partial charge in [-0.15, -0.1) is 0 Å². The molecule has 2 heteroatoms. The third-order valence-corrected chi connectivity index (χ3v) is 4.37. The van der Waals surface area contributed by atoms with E-state index >= 15 is 0 Å². The molecule has 0 bridgehead atoms. The molecule has 2 aliphatic rings. The van der Waals surface area contributed by atoms with Gasteiger partial charge in [-0.3, -0.25) is 4.90 Å². The lowest BCUT2D eigenvalue weighted by Gasteiger charge is -2.35. The average molecular weight is 210 g/mol. The van der Waals surface area contributed by atoms with Gasteiger partial charge in [-0.25, -0.2) is 0 Å². The molecule has 88 valence electrons. The van der Waals surface area contributed by atoms with Crippen molar-refractivity contribution < 1.29 is 0 Å². The molecule has 2 nitrogen and oxygen atoms in total. The maximum atomic E-state index is 3.57. The second-order valence-electron chi connectivity index (χ2n) is 5.59. The van der Waals surface area contributed by atoms with Gasteiger partial charge in [-0.05, 0) is 37.8 Å². The Morgan fingerprint density at radius 1 is 1.33 bits per heavy atom. The Hall–Kier alpha value is -0.0800. The van der Waals surface area contributed by atoms with E-state index in [-0.39, 0.29) is 0 Å². The maximum absolute atomic E-state index is 3.57. The van der Waals surface area contributed by atoms with Crippen LogP contribution in [0.3, 0.4) is 0 Å². The molecule has 2 saturated heterocycles. The van der Waals surface area contributed by atoms with Crippen LogP contribution in [0, 0.1) is 11.8 Å². The fraction of sp³-hybridized carbons (Fsp3) is 1.00. The highest BCUT2D eigenvalue weighted by Crippen LogP contribution is 2.30. The van der Waals surface area contributed by atoms with Crippen molar-refractivity contribution in [3.05, 3.63) is 0 Å². The van der Waals surface area contributed by atoms with Crippen LogP contribution in [0.4, 0.5) is 0 Å². The van der Waals surface area contributed by atoms with Gasteiger partial charge in [0.25, 0.3) is 0 Å². The minimum absolute atomic E-state index is 0.824. The lowest BCUT2D eigenvalue weighted by molar-refractivity contribution is 0.126. The van der Waals surface area contributed by atoms with Crippen LogP contribution < -0.4 is 5.32 Å². The lowest BCUT2D eigenvalue weighted by Crippen LogP contribution is -2.45. The molecule has 3 unspecified atom stereocenters. The zero-order valence-electron chi connectivity index (χ0n) is 10.5. The third-order valence-electron chi connectivity index (χ3n) is 4.37. The van der Waals surface area contributed by atoms with Gasteiger partial charge in [0.1, 0.15) is 0 Å². The molecule has 0 aliphatic carbocycles. The third kappa shape index (κ3) is 2.21. The first-order valence-corrected chi connectivity index (χ1v) is 6.70. The van der Waals surface area contributed by atoms with E-state index in [1.54, 1.807) is 0 Å². The smallest absolute Gasteiger partial charge is 0.0263 e. The Morgan fingerprint density at radius 3 is 2.80 bits per heavy atom. The fourth-order valence-electron chi connectivity index (χ4n) is 3.47. The summed E-state index contributed by atoms with van der Waals surface area (Å²) < 4.78 is 0. The first-order chi connectivity index (χ1) is 7.24. The zero-order valence-corrected chi connectivity index (χ0v) is 10.5. The molecular weight excluding hydrogens is 184 g/mol. The minimum atomic E-state index is 0.824. The normalized spacial score (nSPS) is 38.0. The van der Waals surface area contributed by atoms with E-state index in [4.69, 9.17) is 0 Å². The van der Waals surface area contributed by atoms with Crippen LogP contribution in [-0.4, -0.2) is 36.6 Å². The van der Waals surface area contributed by atoms with Crippen LogP contribution >= 0.6 is 0 Å². The summed E-state index contributed by atoms with van der Waals surface area (Å²) in [6.07, 6.45) is 4.17. The van der Waals surface area contributed by atoms with E-state index in [9.17, 15) is 0 Å². The average Bonchev–Trinajstić information content (AvgIpc) is 2.85. The Labute approximate surface area is 94.4 Å². The Morgan fingerprint density at radius 2 is 2.13 bits per heavy atom. The highest BCUT2D eigenvalue weighted by atomic mass is 15.2. The number of likely N-dealkylation sites (tertiary alicyclic amines) is 1. The molecule has 2 fully saturated rings. The predicted octanol–water partition coefficient (Wildman–Crippen LogP) is 2.10. The second-order valence-corrected chi connectivity index (χ2v) is 5.59. The van der Waals surface area contributed by atoms with Gasteiger partial charge in [-0.2, -0.15) is 0 Å². The van der Waals surface area contributed by atoms with Crippen molar-refractivity contribution >= 4 is 0 Å². The molecule has 0 radical (unpaired) electrons. The van der Waals surface area contributed by atoms with E-state index in [1.165, 1.54) is 38.9 Å². The van der Waals surface area contributed by atoms with Gasteiger partial charge in [-0.1, -0.05) is 27.2 Å². The Balaban J connectivity index is 2.02. The van der Waals surface area contributed by atoms with Crippen LogP contribution in [0.25, 0.3) is 0 Å². The van der Waals surface area contributed by atoms with Crippen molar-refractivity contribution in [3.63, 3.8) is 0 Å². The molecule has 3 atom stereocenters. The van der Waals surface area contributed by atoms with Gasteiger partial charge in [0.15, 0.2) is 0 Å². The summed E-state index contributed by atoms with van der Waals surface area (Å²) in [7, 11) is 0. The van der Waals surface area contributed by atoms with Crippen molar-refractivity contribution in [2.24, 2.45) is 11.8 Å². The summed E-state index contributed by atoms with van der Waals surface area (Å²) in [4.78, 5) is 2.80. The Kier molecular flexibility index (Phi) is 3.68. The summed E-state index contributed by atoms with van der Waals surface area (Å²) in [5.74, 6) is 1.72. The zero-order chi connectivity index (χ0) is 10.8. The molecular formula is C13H26N2. The number of nitrogens with zero attached hydrogens (tertiary/aromatic N) is 1. The molecule has 0 aromatic rings. The van der Waals surface area contributed by atoms with Crippen molar-refractivity contribution in [1.29, 1.82) is 0 Å². The summed E-state index contributed by atoms with van der Waals surface area (Å²) in [6, 6.07) is 1.67. The van der Waals surface area contributed by atoms with Crippen LogP contribution in [0.2, 0.25) is 0 Å². The molecule has 0 spiro atoms. The molecule has 0 amide bonds. The van der Waals surface area contributed by atoms with Gasteiger partial charge >= 0.3 is 0 Å². The molecule has 2 heterocycles. The van der Waals surface area contributed by atoms with Gasteiger partial charge in [0.2, 0.25) is 0 Å². The number of hydrogen-bond donors (Lipinski definition) is 1. The molecule has 2 aliphatic heterocycles. The van der Waals surface area contributed by atoms with Crippen molar-refractivity contribution in [2.75, 3.05) is 19.6 Å². The van der Waals surface area contributed by atoms with Crippen LogP contribution in [-0.2, 0) is 0 Å². The standard InChI is InChI=1S/C13H26N2/c1-4-11-8-14-9-13(11)15-7-5-6-12(15)10(2)3/h10-14H,4-9H2,1-3H3. The van der Waals surface area contributed by atoms with Crippen LogP contribution in [0.5, 0.6) is 0 Å². The van der Waals surface area contributed by atoms with Gasteiger partial charge in [0.05, 0.1) is 0 Å². The van der Waals surface area contributed by atoms with Crippen molar-refractivity contribution in [2.45, 2.75) is 52.1 Å². The summed E-state index contributed by atoms with van der Waals surface area (Å²) in [6.45, 7) is 10.9. The van der Waals surface area contributed by atoms with E-state index < -0.39 is 0 Å². The maximum Gasteiger partial charge on any atom is 0.0263 e. The quantitative estimate of drug-likeness (QED) is 0.767. The monoisotopic (exact) mass is 210 g/mol. The summed E-state index contributed by atoms with van der Waals surface area (Å²) in [5.41, 5.74) is 0. The number of nitrogens with one attached hydrogen (secondary N) is 1. The minimum Gasteiger partial charge on any atom is -0.315 e. The second kappa shape index (κ2) is 4.84. The molecule has 15 heavy (non-hydrogen) atoms. The van der Waals surface area contributed by atoms with Crippen LogP contribution in [0.1, 0.15) is 40.0 Å². The lowest BCUT2D eigenvalue weighted by atomic mass is 9.95. The van der Waals surface area contributed by atoms with Crippen molar-refractivity contribution in [1.82, 2.24) is 10.2 Å².